The van der Waals surface area contributed by atoms with E-state index in [2.05, 4.69) is 10.3 Å². The van der Waals surface area contributed by atoms with Gasteiger partial charge in [-0.25, -0.2) is 4.98 Å². The van der Waals surface area contributed by atoms with Crippen LogP contribution in [0.1, 0.15) is 70.0 Å². The number of amides is 1. The quantitative estimate of drug-likeness (QED) is 0.769. The highest BCUT2D eigenvalue weighted by Crippen LogP contribution is 2.38. The van der Waals surface area contributed by atoms with Crippen molar-refractivity contribution < 1.29 is 14.4 Å². The van der Waals surface area contributed by atoms with Crippen molar-refractivity contribution in [3.05, 3.63) is 45.5 Å². The van der Waals surface area contributed by atoms with Crippen LogP contribution in [-0.2, 0) is 11.2 Å². The summed E-state index contributed by atoms with van der Waals surface area (Å²) in [6, 6.07) is 5.57. The normalized spacial score (nSPS) is 15.3. The number of hydrogen-bond acceptors (Lipinski definition) is 5. The van der Waals surface area contributed by atoms with Gasteiger partial charge >= 0.3 is 0 Å². The Hall–Kier alpha value is -2.34. The predicted octanol–water partition coefficient (Wildman–Crippen LogP) is 4.52. The van der Waals surface area contributed by atoms with Crippen LogP contribution in [0.4, 0.5) is 5.13 Å². The van der Waals surface area contributed by atoms with Crippen molar-refractivity contribution in [3.8, 4) is 0 Å². The summed E-state index contributed by atoms with van der Waals surface area (Å²) in [5, 5.41) is 3.18. The second-order valence-corrected chi connectivity index (χ2v) is 9.01. The molecule has 1 aliphatic carbocycles. The minimum absolute atomic E-state index is 0.0522. The molecule has 1 aromatic heterocycles. The Morgan fingerprint density at radius 3 is 2.59 bits per heavy atom. The van der Waals surface area contributed by atoms with E-state index >= 15 is 0 Å². The molecule has 1 heterocycles. The number of ketones is 2. The maximum atomic E-state index is 12.3. The van der Waals surface area contributed by atoms with E-state index in [0.29, 0.717) is 22.0 Å². The van der Waals surface area contributed by atoms with Crippen molar-refractivity contribution in [2.45, 2.75) is 53.4 Å². The van der Waals surface area contributed by atoms with Gasteiger partial charge < -0.3 is 5.32 Å². The summed E-state index contributed by atoms with van der Waals surface area (Å²) in [6.07, 6.45) is 1.46. The van der Waals surface area contributed by atoms with E-state index in [1.54, 1.807) is 6.07 Å². The molecule has 27 heavy (non-hydrogen) atoms. The van der Waals surface area contributed by atoms with Crippen LogP contribution < -0.4 is 5.32 Å². The van der Waals surface area contributed by atoms with E-state index < -0.39 is 0 Å². The topological polar surface area (TPSA) is 76.1 Å². The Balaban J connectivity index is 1.59. The first-order chi connectivity index (χ1) is 12.6. The maximum Gasteiger partial charge on any atom is 0.226 e. The Morgan fingerprint density at radius 2 is 1.89 bits per heavy atom. The first-order valence-corrected chi connectivity index (χ1v) is 9.89. The summed E-state index contributed by atoms with van der Waals surface area (Å²) in [4.78, 5) is 41.8. The van der Waals surface area contributed by atoms with Gasteiger partial charge in [0.15, 0.2) is 16.7 Å². The summed E-state index contributed by atoms with van der Waals surface area (Å²) in [5.41, 5.74) is 3.49. The van der Waals surface area contributed by atoms with Gasteiger partial charge in [-0.05, 0) is 42.9 Å². The van der Waals surface area contributed by atoms with Crippen molar-refractivity contribution in [1.29, 1.82) is 0 Å². The van der Waals surface area contributed by atoms with Gasteiger partial charge in [0.25, 0.3) is 0 Å². The van der Waals surface area contributed by atoms with Gasteiger partial charge in [-0.1, -0.05) is 37.3 Å². The van der Waals surface area contributed by atoms with Crippen LogP contribution in [0, 0.1) is 19.3 Å². The average Bonchev–Trinajstić information content (AvgIpc) is 2.96. The van der Waals surface area contributed by atoms with E-state index in [1.807, 2.05) is 39.8 Å². The standard InChI is InChI=1S/C21H24N2O3S/c1-12-5-6-14(9-13(12)2)16(24)7-8-18(26)23-20-22-15-10-21(3,4)11-17(25)19(15)27-20/h5-6,9H,7-8,10-11H2,1-4H3,(H,22,23,26). The molecule has 1 aliphatic rings. The third kappa shape index (κ3) is 4.50. The van der Waals surface area contributed by atoms with Gasteiger partial charge in [-0.3, -0.25) is 14.4 Å². The number of nitrogens with zero attached hydrogens (tertiary/aromatic N) is 1. The zero-order valence-corrected chi connectivity index (χ0v) is 17.0. The monoisotopic (exact) mass is 384 g/mol. The largest absolute Gasteiger partial charge is 0.302 e. The number of fused-ring (bicyclic) bond motifs is 1. The summed E-state index contributed by atoms with van der Waals surface area (Å²) < 4.78 is 0. The minimum Gasteiger partial charge on any atom is -0.302 e. The van der Waals surface area contributed by atoms with Crippen LogP contribution in [0.15, 0.2) is 18.2 Å². The van der Waals surface area contributed by atoms with Gasteiger partial charge in [0.2, 0.25) is 5.91 Å². The first kappa shape index (κ1) is 19.4. The summed E-state index contributed by atoms with van der Waals surface area (Å²) >= 11 is 1.23. The van der Waals surface area contributed by atoms with Crippen LogP contribution in [0.3, 0.4) is 0 Å². The van der Waals surface area contributed by atoms with E-state index in [1.165, 1.54) is 11.3 Å². The molecule has 0 spiro atoms. The molecule has 5 nitrogen and oxygen atoms in total. The second-order valence-electron chi connectivity index (χ2n) is 8.01. The van der Waals surface area contributed by atoms with Gasteiger partial charge in [0, 0.05) is 24.8 Å². The van der Waals surface area contributed by atoms with Crippen molar-refractivity contribution in [2.24, 2.45) is 5.41 Å². The third-order valence-corrected chi connectivity index (χ3v) is 5.94. The second kappa shape index (κ2) is 7.35. The van der Waals surface area contributed by atoms with Crippen LogP contribution in [-0.4, -0.2) is 22.5 Å². The average molecular weight is 385 g/mol. The number of Topliss-reactive ketones (excluding diaryl/α,β-unsaturated/α-hetero) is 2. The molecule has 3 rings (SSSR count). The molecule has 6 heteroatoms. The lowest BCUT2D eigenvalue weighted by atomic mass is 9.78. The predicted molar refractivity (Wildman–Crippen MR) is 107 cm³/mol. The molecule has 0 fully saturated rings. The van der Waals surface area contributed by atoms with Gasteiger partial charge in [0.1, 0.15) is 0 Å². The number of hydrogen-bond donors (Lipinski definition) is 1. The summed E-state index contributed by atoms with van der Waals surface area (Å²) in [7, 11) is 0. The van der Waals surface area contributed by atoms with Gasteiger partial charge in [0.05, 0.1) is 10.6 Å². The lowest BCUT2D eigenvalue weighted by molar-refractivity contribution is -0.116. The molecule has 0 saturated heterocycles. The molecule has 1 aromatic carbocycles. The van der Waals surface area contributed by atoms with Crippen LogP contribution in [0.5, 0.6) is 0 Å². The van der Waals surface area contributed by atoms with Crippen LogP contribution in [0.2, 0.25) is 0 Å². The molecule has 0 unspecified atom stereocenters. The van der Waals surface area contributed by atoms with Crippen molar-refractivity contribution in [3.63, 3.8) is 0 Å². The number of thiazole rings is 1. The maximum absolute atomic E-state index is 12.3. The number of benzene rings is 1. The van der Waals surface area contributed by atoms with Crippen LogP contribution >= 0.6 is 11.3 Å². The Kier molecular flexibility index (Phi) is 5.29. The molecule has 0 bridgehead atoms. The summed E-state index contributed by atoms with van der Waals surface area (Å²) in [6.45, 7) is 8.05. The van der Waals surface area contributed by atoms with E-state index in [0.717, 1.165) is 23.2 Å². The smallest absolute Gasteiger partial charge is 0.226 e. The number of rotatable bonds is 5. The lowest BCUT2D eigenvalue weighted by Crippen LogP contribution is -2.26. The molecule has 142 valence electrons. The van der Waals surface area contributed by atoms with E-state index in [9.17, 15) is 14.4 Å². The highest BCUT2D eigenvalue weighted by atomic mass is 32.1. The van der Waals surface area contributed by atoms with Crippen LogP contribution in [0.25, 0.3) is 0 Å². The fourth-order valence-corrected chi connectivity index (χ4v) is 4.18. The molecule has 0 radical (unpaired) electrons. The Labute approximate surface area is 163 Å². The van der Waals surface area contributed by atoms with Gasteiger partial charge in [-0.2, -0.15) is 0 Å². The van der Waals surface area contributed by atoms with Crippen molar-refractivity contribution in [1.82, 2.24) is 4.98 Å². The zero-order chi connectivity index (χ0) is 19.8. The Bertz CT molecular complexity index is 928. The van der Waals surface area contributed by atoms with E-state index in [4.69, 9.17) is 0 Å². The minimum atomic E-state index is -0.259. The molecule has 0 atom stereocenters. The number of carbonyl (C=O) groups is 3. The SMILES string of the molecule is Cc1ccc(C(=O)CCC(=O)Nc2nc3c(s2)C(=O)CC(C)(C)C3)cc1C. The summed E-state index contributed by atoms with van der Waals surface area (Å²) in [5.74, 6) is -0.224. The zero-order valence-electron chi connectivity index (χ0n) is 16.1. The third-order valence-electron chi connectivity index (χ3n) is 4.89. The van der Waals surface area contributed by atoms with E-state index in [-0.39, 0.29) is 35.7 Å². The Morgan fingerprint density at radius 1 is 1.15 bits per heavy atom. The molecular formula is C21H24N2O3S. The molecule has 1 amide bonds. The number of nitrogens with one attached hydrogen (secondary N) is 1. The molecular weight excluding hydrogens is 360 g/mol. The number of carbonyl (C=O) groups excluding carboxylic acids is 3. The fourth-order valence-electron chi connectivity index (χ4n) is 3.24. The first-order valence-electron chi connectivity index (χ1n) is 9.08. The molecule has 0 aliphatic heterocycles. The number of aryl methyl sites for hydroxylation is 2. The highest BCUT2D eigenvalue weighted by molar-refractivity contribution is 7.17. The molecule has 1 N–H and O–H groups in total. The molecule has 2 aromatic rings. The molecule has 0 saturated carbocycles. The fraction of sp³-hybridized carbons (Fsp3) is 0.429. The lowest BCUT2D eigenvalue weighted by Gasteiger charge is -2.26. The number of anilines is 1. The van der Waals surface area contributed by atoms with Crippen molar-refractivity contribution >= 4 is 33.9 Å². The highest BCUT2D eigenvalue weighted by Gasteiger charge is 2.34. The number of aromatic nitrogens is 1. The van der Waals surface area contributed by atoms with Crippen molar-refractivity contribution in [2.75, 3.05) is 5.32 Å². The van der Waals surface area contributed by atoms with Gasteiger partial charge in [-0.15, -0.1) is 0 Å².